The monoisotopic (exact) mass is 293 g/mol. The van der Waals surface area contributed by atoms with Gasteiger partial charge in [0.15, 0.2) is 0 Å². The molecule has 1 aliphatic rings. The van der Waals surface area contributed by atoms with E-state index in [-0.39, 0.29) is 17.9 Å². The minimum atomic E-state index is -0.264. The zero-order valence-corrected chi connectivity index (χ0v) is 13.0. The summed E-state index contributed by atoms with van der Waals surface area (Å²) in [5.74, 6) is 0.284. The summed E-state index contributed by atoms with van der Waals surface area (Å²) in [5, 5.41) is 2.95. The Bertz CT molecular complexity index is 477. The number of benzene rings is 1. The molecular formula is C16H24FN3O. The van der Waals surface area contributed by atoms with E-state index in [9.17, 15) is 9.18 Å². The summed E-state index contributed by atoms with van der Waals surface area (Å²) >= 11 is 0. The van der Waals surface area contributed by atoms with E-state index in [0.717, 1.165) is 31.6 Å². The van der Waals surface area contributed by atoms with E-state index >= 15 is 0 Å². The van der Waals surface area contributed by atoms with Gasteiger partial charge in [0.2, 0.25) is 0 Å². The molecule has 21 heavy (non-hydrogen) atoms. The average Bonchev–Trinajstić information content (AvgIpc) is 2.84. The van der Waals surface area contributed by atoms with Crippen molar-refractivity contribution in [2.24, 2.45) is 5.92 Å². The zero-order chi connectivity index (χ0) is 15.4. The molecule has 1 saturated heterocycles. The Hall–Kier alpha value is -1.62. The molecule has 0 spiro atoms. The van der Waals surface area contributed by atoms with E-state index < -0.39 is 0 Å². The molecule has 116 valence electrons. The number of hydrogen-bond acceptors (Lipinski definition) is 2. The van der Waals surface area contributed by atoms with Crippen LogP contribution in [0.1, 0.15) is 24.9 Å². The first kappa shape index (κ1) is 15.8. The molecular weight excluding hydrogens is 269 g/mol. The molecule has 0 aliphatic carbocycles. The third-order valence-corrected chi connectivity index (χ3v) is 4.08. The molecule has 0 radical (unpaired) electrons. The van der Waals surface area contributed by atoms with E-state index in [1.807, 2.05) is 14.0 Å². The molecule has 1 aromatic carbocycles. The van der Waals surface area contributed by atoms with Gasteiger partial charge in [0, 0.05) is 20.1 Å². The van der Waals surface area contributed by atoms with Gasteiger partial charge in [-0.3, -0.25) is 0 Å². The third-order valence-electron chi connectivity index (χ3n) is 4.08. The van der Waals surface area contributed by atoms with Crippen LogP contribution in [0.5, 0.6) is 0 Å². The molecule has 2 rings (SSSR count). The van der Waals surface area contributed by atoms with E-state index in [0.29, 0.717) is 5.92 Å². The molecule has 4 nitrogen and oxygen atoms in total. The number of halogens is 1. The normalized spacial score (nSPS) is 20.3. The molecule has 1 aromatic rings. The predicted octanol–water partition coefficient (Wildman–Crippen LogP) is 2.48. The number of carbonyl (C=O) groups is 1. The van der Waals surface area contributed by atoms with Crippen LogP contribution < -0.4 is 5.32 Å². The Morgan fingerprint density at radius 2 is 2.14 bits per heavy atom. The lowest BCUT2D eigenvalue weighted by Crippen LogP contribution is -2.41. The molecule has 1 fully saturated rings. The lowest BCUT2D eigenvalue weighted by atomic mass is 10.1. The van der Waals surface area contributed by atoms with Gasteiger partial charge < -0.3 is 15.1 Å². The average molecular weight is 293 g/mol. The summed E-state index contributed by atoms with van der Waals surface area (Å²) in [5.41, 5.74) is 0.902. The number of carbonyl (C=O) groups excluding carboxylic acids is 1. The van der Waals surface area contributed by atoms with Gasteiger partial charge in [-0.05, 0) is 50.6 Å². The van der Waals surface area contributed by atoms with E-state index in [1.54, 1.807) is 17.0 Å². The minimum Gasteiger partial charge on any atom is -0.331 e. The predicted molar refractivity (Wildman–Crippen MR) is 81.6 cm³/mol. The van der Waals surface area contributed by atoms with Crippen LogP contribution >= 0.6 is 0 Å². The third kappa shape index (κ3) is 4.43. The smallest absolute Gasteiger partial charge is 0.317 e. The van der Waals surface area contributed by atoms with Gasteiger partial charge in [0.1, 0.15) is 5.82 Å². The van der Waals surface area contributed by atoms with Gasteiger partial charge in [0.25, 0.3) is 0 Å². The fraction of sp³-hybridized carbons (Fsp3) is 0.562. The molecule has 0 saturated carbocycles. The van der Waals surface area contributed by atoms with Crippen LogP contribution in [0.15, 0.2) is 24.3 Å². The molecule has 2 atom stereocenters. The molecule has 0 bridgehead atoms. The standard InChI is InChI=1S/C16H24FN3O/c1-12(14-4-6-15(17)7-5-14)18-16(21)20(3)11-13-8-9-19(2)10-13/h4-7,12-13H,8-11H2,1-3H3,(H,18,21). The second-order valence-electron chi connectivity index (χ2n) is 6.02. The van der Waals surface area contributed by atoms with E-state index in [1.165, 1.54) is 12.1 Å². The topological polar surface area (TPSA) is 35.6 Å². The first-order valence-corrected chi connectivity index (χ1v) is 7.41. The summed E-state index contributed by atoms with van der Waals surface area (Å²) in [6, 6.07) is 6.01. The molecule has 1 N–H and O–H groups in total. The maximum absolute atomic E-state index is 12.9. The van der Waals surface area contributed by atoms with Crippen LogP contribution in [0.4, 0.5) is 9.18 Å². The molecule has 2 amide bonds. The summed E-state index contributed by atoms with van der Waals surface area (Å²) in [6.07, 6.45) is 1.14. The van der Waals surface area contributed by atoms with Gasteiger partial charge in [-0.15, -0.1) is 0 Å². The van der Waals surface area contributed by atoms with Crippen molar-refractivity contribution in [3.05, 3.63) is 35.6 Å². The molecule has 1 heterocycles. The van der Waals surface area contributed by atoms with Crippen LogP contribution in [-0.2, 0) is 0 Å². The second-order valence-corrected chi connectivity index (χ2v) is 6.02. The first-order chi connectivity index (χ1) is 9.95. The van der Waals surface area contributed by atoms with Crippen LogP contribution in [0.3, 0.4) is 0 Å². The highest BCUT2D eigenvalue weighted by Crippen LogP contribution is 2.16. The Morgan fingerprint density at radius 3 is 2.71 bits per heavy atom. The number of likely N-dealkylation sites (tertiary alicyclic amines) is 1. The number of amides is 2. The largest absolute Gasteiger partial charge is 0.331 e. The van der Waals surface area contributed by atoms with Crippen molar-refractivity contribution < 1.29 is 9.18 Å². The van der Waals surface area contributed by atoms with Crippen molar-refractivity contribution in [2.75, 3.05) is 33.7 Å². The maximum atomic E-state index is 12.9. The van der Waals surface area contributed by atoms with Gasteiger partial charge in [-0.1, -0.05) is 12.1 Å². The highest BCUT2D eigenvalue weighted by Gasteiger charge is 2.23. The molecule has 1 aliphatic heterocycles. The number of hydrogen-bond donors (Lipinski definition) is 1. The van der Waals surface area contributed by atoms with Crippen LogP contribution in [-0.4, -0.2) is 49.6 Å². The van der Waals surface area contributed by atoms with Crippen molar-refractivity contribution in [1.82, 2.24) is 15.1 Å². The summed E-state index contributed by atoms with van der Waals surface area (Å²) in [4.78, 5) is 16.2. The highest BCUT2D eigenvalue weighted by atomic mass is 19.1. The molecule has 0 aromatic heterocycles. The van der Waals surface area contributed by atoms with Crippen molar-refractivity contribution in [3.63, 3.8) is 0 Å². The fourth-order valence-electron chi connectivity index (χ4n) is 2.78. The van der Waals surface area contributed by atoms with E-state index in [2.05, 4.69) is 17.3 Å². The summed E-state index contributed by atoms with van der Waals surface area (Å²) in [6.45, 7) is 4.83. The molecule has 5 heteroatoms. The van der Waals surface area contributed by atoms with Crippen LogP contribution in [0.25, 0.3) is 0 Å². The Kier molecular flexibility index (Phi) is 5.17. The van der Waals surface area contributed by atoms with Gasteiger partial charge >= 0.3 is 6.03 Å². The Balaban J connectivity index is 1.83. The minimum absolute atomic E-state index is 0.0821. The number of urea groups is 1. The summed E-state index contributed by atoms with van der Waals surface area (Å²) < 4.78 is 12.9. The SMILES string of the molecule is CC(NC(=O)N(C)CC1CCN(C)C1)c1ccc(F)cc1. The number of nitrogens with one attached hydrogen (secondary N) is 1. The fourth-order valence-corrected chi connectivity index (χ4v) is 2.78. The van der Waals surface area contributed by atoms with Gasteiger partial charge in [-0.25, -0.2) is 9.18 Å². The van der Waals surface area contributed by atoms with E-state index in [4.69, 9.17) is 0 Å². The Labute approximate surface area is 125 Å². The highest BCUT2D eigenvalue weighted by molar-refractivity contribution is 5.74. The maximum Gasteiger partial charge on any atom is 0.317 e. The van der Waals surface area contributed by atoms with Crippen LogP contribution in [0.2, 0.25) is 0 Å². The molecule has 2 unspecified atom stereocenters. The van der Waals surface area contributed by atoms with Crippen molar-refractivity contribution in [3.8, 4) is 0 Å². The van der Waals surface area contributed by atoms with Crippen LogP contribution in [0, 0.1) is 11.7 Å². The lowest BCUT2D eigenvalue weighted by molar-refractivity contribution is 0.197. The van der Waals surface area contributed by atoms with Gasteiger partial charge in [0.05, 0.1) is 6.04 Å². The zero-order valence-electron chi connectivity index (χ0n) is 13.0. The van der Waals surface area contributed by atoms with Crippen molar-refractivity contribution in [2.45, 2.75) is 19.4 Å². The Morgan fingerprint density at radius 1 is 1.48 bits per heavy atom. The second kappa shape index (κ2) is 6.89. The number of rotatable bonds is 4. The van der Waals surface area contributed by atoms with Gasteiger partial charge in [-0.2, -0.15) is 0 Å². The first-order valence-electron chi connectivity index (χ1n) is 7.41. The lowest BCUT2D eigenvalue weighted by Gasteiger charge is -2.24. The quantitative estimate of drug-likeness (QED) is 0.925. The number of nitrogens with zero attached hydrogens (tertiary/aromatic N) is 2. The summed E-state index contributed by atoms with van der Waals surface area (Å²) in [7, 11) is 3.93. The van der Waals surface area contributed by atoms with Crippen molar-refractivity contribution in [1.29, 1.82) is 0 Å². The van der Waals surface area contributed by atoms with Crippen molar-refractivity contribution >= 4 is 6.03 Å².